The molecule has 2 aromatic carbocycles. The van der Waals surface area contributed by atoms with Crippen LogP contribution in [0.5, 0.6) is 11.5 Å². The van der Waals surface area contributed by atoms with E-state index in [-0.39, 0.29) is 11.8 Å². The van der Waals surface area contributed by atoms with Crippen LogP contribution in [0.1, 0.15) is 48.5 Å². The molecule has 7 nitrogen and oxygen atoms in total. The standard InChI is InChI=1S/C29H38N2O5/c1-4-31(29(33)22-7-5-6-8-22)26-18-24(17-25(20-32)21(26)2)23-9-10-27(28(19-23)34-3)36-16-13-30-11-14-35-15-12-30/h9-10,17-20,22H,4-8,11-16H2,1-3H3. The molecule has 1 aliphatic carbocycles. The molecule has 0 spiro atoms. The Hall–Kier alpha value is -2.90. The van der Waals surface area contributed by atoms with Gasteiger partial charge in [0, 0.05) is 43.3 Å². The van der Waals surface area contributed by atoms with Crippen LogP contribution in [-0.2, 0) is 9.53 Å². The second-order valence-electron chi connectivity index (χ2n) is 9.56. The lowest BCUT2D eigenvalue weighted by molar-refractivity contribution is -0.122. The summed E-state index contributed by atoms with van der Waals surface area (Å²) in [6.07, 6.45) is 4.97. The average Bonchev–Trinajstić information content (AvgIpc) is 3.46. The number of ether oxygens (including phenoxy) is 3. The minimum absolute atomic E-state index is 0.0710. The third-order valence-corrected chi connectivity index (χ3v) is 7.39. The number of nitrogens with zero attached hydrogens (tertiary/aromatic N) is 2. The third kappa shape index (κ3) is 5.90. The Balaban J connectivity index is 1.58. The van der Waals surface area contributed by atoms with Crippen LogP contribution in [0.25, 0.3) is 11.1 Å². The van der Waals surface area contributed by atoms with E-state index in [4.69, 9.17) is 14.2 Å². The molecule has 194 valence electrons. The van der Waals surface area contributed by atoms with Crippen molar-refractivity contribution in [3.63, 3.8) is 0 Å². The molecule has 7 heteroatoms. The molecule has 4 rings (SSSR count). The van der Waals surface area contributed by atoms with E-state index in [1.807, 2.05) is 49.1 Å². The van der Waals surface area contributed by atoms with E-state index >= 15 is 0 Å². The average molecular weight is 495 g/mol. The van der Waals surface area contributed by atoms with Crippen molar-refractivity contribution in [3.05, 3.63) is 41.5 Å². The van der Waals surface area contributed by atoms with Crippen LogP contribution in [0.2, 0.25) is 0 Å². The SMILES string of the molecule is CCN(C(=O)C1CCCC1)c1cc(-c2ccc(OCCN3CCOCC3)c(OC)c2)cc(C=O)c1C. The van der Waals surface area contributed by atoms with Crippen molar-refractivity contribution in [2.45, 2.75) is 39.5 Å². The number of aldehydes is 1. The number of morpholine rings is 1. The van der Waals surface area contributed by atoms with Crippen molar-refractivity contribution in [3.8, 4) is 22.6 Å². The van der Waals surface area contributed by atoms with E-state index < -0.39 is 0 Å². The van der Waals surface area contributed by atoms with E-state index in [9.17, 15) is 9.59 Å². The molecule has 2 fully saturated rings. The van der Waals surface area contributed by atoms with E-state index in [2.05, 4.69) is 4.90 Å². The predicted molar refractivity (Wildman–Crippen MR) is 141 cm³/mol. The summed E-state index contributed by atoms with van der Waals surface area (Å²) in [7, 11) is 1.63. The van der Waals surface area contributed by atoms with Crippen LogP contribution in [0.4, 0.5) is 5.69 Å². The van der Waals surface area contributed by atoms with Crippen LogP contribution < -0.4 is 14.4 Å². The predicted octanol–water partition coefficient (Wildman–Crippen LogP) is 4.74. The largest absolute Gasteiger partial charge is 0.493 e. The maximum atomic E-state index is 13.3. The fourth-order valence-corrected chi connectivity index (χ4v) is 5.20. The maximum absolute atomic E-state index is 13.3. The molecule has 1 saturated carbocycles. The van der Waals surface area contributed by atoms with Crippen molar-refractivity contribution >= 4 is 17.9 Å². The van der Waals surface area contributed by atoms with Gasteiger partial charge in [-0.15, -0.1) is 0 Å². The van der Waals surface area contributed by atoms with Crippen LogP contribution in [0.3, 0.4) is 0 Å². The summed E-state index contributed by atoms with van der Waals surface area (Å²) >= 11 is 0. The van der Waals surface area contributed by atoms with Crippen molar-refractivity contribution in [1.82, 2.24) is 4.90 Å². The molecular weight excluding hydrogens is 456 g/mol. The van der Waals surface area contributed by atoms with Crippen LogP contribution in [0.15, 0.2) is 30.3 Å². The monoisotopic (exact) mass is 494 g/mol. The normalized spacial score (nSPS) is 16.6. The highest BCUT2D eigenvalue weighted by molar-refractivity contribution is 5.98. The molecule has 0 aromatic heterocycles. The van der Waals surface area contributed by atoms with Gasteiger partial charge >= 0.3 is 0 Å². The quantitative estimate of drug-likeness (QED) is 0.445. The van der Waals surface area contributed by atoms with E-state index in [1.165, 1.54) is 0 Å². The molecule has 0 bridgehead atoms. The fraction of sp³-hybridized carbons (Fsp3) is 0.517. The minimum atomic E-state index is 0.0710. The number of carbonyl (C=O) groups excluding carboxylic acids is 2. The van der Waals surface area contributed by atoms with Crippen molar-refractivity contribution < 1.29 is 23.8 Å². The lowest BCUT2D eigenvalue weighted by Crippen LogP contribution is -2.38. The summed E-state index contributed by atoms with van der Waals surface area (Å²) in [6.45, 7) is 9.25. The summed E-state index contributed by atoms with van der Waals surface area (Å²) < 4.78 is 17.1. The number of hydrogen-bond acceptors (Lipinski definition) is 6. The van der Waals surface area contributed by atoms with E-state index in [0.717, 1.165) is 87.2 Å². The maximum Gasteiger partial charge on any atom is 0.230 e. The number of benzene rings is 2. The molecule has 36 heavy (non-hydrogen) atoms. The summed E-state index contributed by atoms with van der Waals surface area (Å²) in [6, 6.07) is 9.72. The number of anilines is 1. The molecule has 1 heterocycles. The van der Waals surface area contributed by atoms with E-state index in [0.29, 0.717) is 30.2 Å². The number of amides is 1. The molecule has 0 N–H and O–H groups in total. The molecule has 0 radical (unpaired) electrons. The molecular formula is C29H38N2O5. The van der Waals surface area contributed by atoms with Crippen molar-refractivity contribution in [1.29, 1.82) is 0 Å². The van der Waals surface area contributed by atoms with Gasteiger partial charge in [0.15, 0.2) is 11.5 Å². The Bertz CT molecular complexity index is 1060. The minimum Gasteiger partial charge on any atom is -0.493 e. The van der Waals surface area contributed by atoms with Gasteiger partial charge in [-0.05, 0) is 67.6 Å². The zero-order valence-corrected chi connectivity index (χ0v) is 21.8. The first-order valence-corrected chi connectivity index (χ1v) is 13.1. The Kier molecular flexibility index (Phi) is 8.99. The second kappa shape index (κ2) is 12.4. The topological polar surface area (TPSA) is 68.3 Å². The zero-order chi connectivity index (χ0) is 25.5. The first kappa shape index (κ1) is 26.2. The smallest absolute Gasteiger partial charge is 0.230 e. The lowest BCUT2D eigenvalue weighted by atomic mass is 9.96. The van der Waals surface area contributed by atoms with Gasteiger partial charge in [0.25, 0.3) is 0 Å². The highest BCUT2D eigenvalue weighted by Gasteiger charge is 2.28. The van der Waals surface area contributed by atoms with Crippen molar-refractivity contribution in [2.24, 2.45) is 5.92 Å². The first-order valence-electron chi connectivity index (χ1n) is 13.1. The zero-order valence-electron chi connectivity index (χ0n) is 21.8. The molecule has 1 amide bonds. The number of hydrogen-bond donors (Lipinski definition) is 0. The molecule has 0 atom stereocenters. The van der Waals surface area contributed by atoms with Gasteiger partial charge in [-0.2, -0.15) is 0 Å². The number of methoxy groups -OCH3 is 1. The highest BCUT2D eigenvalue weighted by atomic mass is 16.5. The van der Waals surface area contributed by atoms with Crippen LogP contribution >= 0.6 is 0 Å². The molecule has 2 aliphatic rings. The summed E-state index contributed by atoms with van der Waals surface area (Å²) in [5.74, 6) is 1.55. The third-order valence-electron chi connectivity index (χ3n) is 7.39. The first-order chi connectivity index (χ1) is 17.5. The Morgan fingerprint density at radius 1 is 1.11 bits per heavy atom. The van der Waals surface area contributed by atoms with Gasteiger partial charge < -0.3 is 19.1 Å². The van der Waals surface area contributed by atoms with Crippen LogP contribution in [0, 0.1) is 12.8 Å². The van der Waals surface area contributed by atoms with Gasteiger partial charge in [-0.3, -0.25) is 14.5 Å². The van der Waals surface area contributed by atoms with Gasteiger partial charge in [-0.25, -0.2) is 0 Å². The second-order valence-corrected chi connectivity index (χ2v) is 9.56. The summed E-state index contributed by atoms with van der Waals surface area (Å²) in [5, 5.41) is 0. The van der Waals surface area contributed by atoms with Gasteiger partial charge in [0.05, 0.1) is 20.3 Å². The van der Waals surface area contributed by atoms with Gasteiger partial charge in [0.2, 0.25) is 5.91 Å². The number of carbonyl (C=O) groups is 2. The fourth-order valence-electron chi connectivity index (χ4n) is 5.20. The highest BCUT2D eigenvalue weighted by Crippen LogP contribution is 2.37. The van der Waals surface area contributed by atoms with E-state index in [1.54, 1.807) is 7.11 Å². The Morgan fingerprint density at radius 3 is 2.53 bits per heavy atom. The molecule has 1 aliphatic heterocycles. The number of rotatable bonds is 10. The lowest BCUT2D eigenvalue weighted by Gasteiger charge is -2.27. The van der Waals surface area contributed by atoms with Gasteiger partial charge in [-0.1, -0.05) is 18.9 Å². The summed E-state index contributed by atoms with van der Waals surface area (Å²) in [4.78, 5) is 29.5. The molecule has 2 aromatic rings. The Labute approximate surface area is 214 Å². The summed E-state index contributed by atoms with van der Waals surface area (Å²) in [5.41, 5.74) is 4.00. The van der Waals surface area contributed by atoms with Crippen LogP contribution in [-0.4, -0.2) is 70.2 Å². The molecule has 1 saturated heterocycles. The molecule has 0 unspecified atom stereocenters. The Morgan fingerprint density at radius 2 is 1.86 bits per heavy atom. The van der Waals surface area contributed by atoms with Crippen molar-refractivity contribution in [2.75, 3.05) is 58.0 Å². The van der Waals surface area contributed by atoms with Gasteiger partial charge in [0.1, 0.15) is 12.9 Å².